The van der Waals surface area contributed by atoms with E-state index in [1.54, 1.807) is 6.92 Å². The maximum atomic E-state index is 11.1. The predicted octanol–water partition coefficient (Wildman–Crippen LogP) is 0.399. The van der Waals surface area contributed by atoms with Crippen LogP contribution < -0.4 is 10.6 Å². The van der Waals surface area contributed by atoms with Crippen molar-refractivity contribution in [3.63, 3.8) is 0 Å². The van der Waals surface area contributed by atoms with E-state index in [1.165, 1.54) is 0 Å². The van der Waals surface area contributed by atoms with E-state index in [4.69, 9.17) is 0 Å². The summed E-state index contributed by atoms with van der Waals surface area (Å²) in [6, 6.07) is 0. The molecule has 0 atom stereocenters. The Morgan fingerprint density at radius 2 is 1.67 bits per heavy atom. The second-order valence-electron chi connectivity index (χ2n) is 4.66. The van der Waals surface area contributed by atoms with Crippen LogP contribution in [-0.4, -0.2) is 45.1 Å². The van der Waals surface area contributed by atoms with Crippen LogP contribution in [0.3, 0.4) is 0 Å². The van der Waals surface area contributed by atoms with Crippen LogP contribution in [0.4, 0.5) is 0 Å². The molecular formula is C10H24N2O2S. The van der Waals surface area contributed by atoms with Crippen LogP contribution in [0.2, 0.25) is 0 Å². The van der Waals surface area contributed by atoms with Crippen LogP contribution in [0.5, 0.6) is 0 Å². The van der Waals surface area contributed by atoms with Gasteiger partial charge in [0.1, 0.15) is 0 Å². The molecule has 0 aromatic heterocycles. The summed E-state index contributed by atoms with van der Waals surface area (Å²) in [6.45, 7) is 10.2. The lowest BCUT2D eigenvalue weighted by molar-refractivity contribution is 0.423. The van der Waals surface area contributed by atoms with Crippen LogP contribution in [-0.2, 0) is 9.84 Å². The van der Waals surface area contributed by atoms with E-state index in [-0.39, 0.29) is 17.0 Å². The van der Waals surface area contributed by atoms with Gasteiger partial charge in [0.15, 0.2) is 9.84 Å². The van der Waals surface area contributed by atoms with Crippen molar-refractivity contribution in [1.82, 2.24) is 10.6 Å². The van der Waals surface area contributed by atoms with E-state index in [0.29, 0.717) is 6.54 Å². The third kappa shape index (κ3) is 10.2. The van der Waals surface area contributed by atoms with Crippen molar-refractivity contribution in [2.24, 2.45) is 0 Å². The number of hydrogen-bond donors (Lipinski definition) is 2. The van der Waals surface area contributed by atoms with Crippen LogP contribution in [0, 0.1) is 0 Å². The molecular weight excluding hydrogens is 212 g/mol. The van der Waals surface area contributed by atoms with Crippen molar-refractivity contribution in [2.45, 2.75) is 33.2 Å². The second-order valence-corrected chi connectivity index (χ2v) is 7.14. The van der Waals surface area contributed by atoms with Crippen molar-refractivity contribution in [3.8, 4) is 0 Å². The first-order valence-corrected chi connectivity index (χ1v) is 7.25. The van der Waals surface area contributed by atoms with Gasteiger partial charge in [0.25, 0.3) is 0 Å². The van der Waals surface area contributed by atoms with E-state index < -0.39 is 9.84 Å². The highest BCUT2D eigenvalue weighted by Crippen LogP contribution is 1.96. The average Bonchev–Trinajstić information content (AvgIpc) is 2.09. The van der Waals surface area contributed by atoms with Gasteiger partial charge in [0.05, 0.1) is 5.75 Å². The van der Waals surface area contributed by atoms with Gasteiger partial charge in [-0.25, -0.2) is 8.42 Å². The number of sulfone groups is 1. The second kappa shape index (κ2) is 6.45. The first kappa shape index (κ1) is 14.9. The fraction of sp³-hybridized carbons (Fsp3) is 1.00. The quantitative estimate of drug-likeness (QED) is 0.628. The van der Waals surface area contributed by atoms with Gasteiger partial charge in [-0.15, -0.1) is 0 Å². The van der Waals surface area contributed by atoms with E-state index in [2.05, 4.69) is 31.4 Å². The van der Waals surface area contributed by atoms with Gasteiger partial charge in [-0.3, -0.25) is 0 Å². The molecule has 2 N–H and O–H groups in total. The zero-order valence-electron chi connectivity index (χ0n) is 10.3. The zero-order valence-corrected chi connectivity index (χ0v) is 11.1. The molecule has 0 radical (unpaired) electrons. The molecule has 0 aliphatic heterocycles. The highest BCUT2D eigenvalue weighted by molar-refractivity contribution is 7.91. The lowest BCUT2D eigenvalue weighted by Crippen LogP contribution is -2.40. The summed E-state index contributed by atoms with van der Waals surface area (Å²) in [5, 5.41) is 6.43. The van der Waals surface area contributed by atoms with Crippen molar-refractivity contribution < 1.29 is 8.42 Å². The topological polar surface area (TPSA) is 58.2 Å². The predicted molar refractivity (Wildman–Crippen MR) is 65.0 cm³/mol. The molecule has 92 valence electrons. The Kier molecular flexibility index (Phi) is 6.40. The summed E-state index contributed by atoms with van der Waals surface area (Å²) in [4.78, 5) is 0. The lowest BCUT2D eigenvalue weighted by Gasteiger charge is -2.20. The molecule has 0 rings (SSSR count). The molecule has 15 heavy (non-hydrogen) atoms. The van der Waals surface area contributed by atoms with Crippen LogP contribution >= 0.6 is 0 Å². The zero-order chi connectivity index (χ0) is 11.9. The van der Waals surface area contributed by atoms with Crippen LogP contribution in [0.15, 0.2) is 0 Å². The summed E-state index contributed by atoms with van der Waals surface area (Å²) in [6.07, 6.45) is 0. The molecule has 0 unspecified atom stereocenters. The molecule has 0 fully saturated rings. The van der Waals surface area contributed by atoms with Crippen molar-refractivity contribution in [3.05, 3.63) is 0 Å². The minimum Gasteiger partial charge on any atom is -0.314 e. The lowest BCUT2D eigenvalue weighted by atomic mass is 10.1. The average molecular weight is 236 g/mol. The molecule has 0 bridgehead atoms. The summed E-state index contributed by atoms with van der Waals surface area (Å²) in [7, 11) is -2.82. The third-order valence-corrected chi connectivity index (χ3v) is 3.69. The molecule has 0 saturated carbocycles. The number of rotatable bonds is 7. The Balaban J connectivity index is 3.42. The Labute approximate surface area is 93.7 Å². The molecule has 4 nitrogen and oxygen atoms in total. The highest BCUT2D eigenvalue weighted by atomic mass is 32.2. The SMILES string of the molecule is CCS(=O)(=O)CCNCCNC(C)(C)C. The van der Waals surface area contributed by atoms with Crippen molar-refractivity contribution in [2.75, 3.05) is 31.1 Å². The third-order valence-electron chi connectivity index (χ3n) is 1.99. The molecule has 0 heterocycles. The molecule has 0 spiro atoms. The Hall–Kier alpha value is -0.130. The van der Waals surface area contributed by atoms with Gasteiger partial charge in [-0.05, 0) is 20.8 Å². The molecule has 0 aliphatic carbocycles. The number of hydrogen-bond acceptors (Lipinski definition) is 4. The van der Waals surface area contributed by atoms with Gasteiger partial charge in [-0.1, -0.05) is 6.92 Å². The van der Waals surface area contributed by atoms with Gasteiger partial charge in [-0.2, -0.15) is 0 Å². The fourth-order valence-corrected chi connectivity index (χ4v) is 1.77. The van der Waals surface area contributed by atoms with E-state index in [9.17, 15) is 8.42 Å². The molecule has 0 aliphatic rings. The standard InChI is InChI=1S/C10H24N2O2S/c1-5-15(13,14)9-8-11-6-7-12-10(2,3)4/h11-12H,5-9H2,1-4H3. The van der Waals surface area contributed by atoms with E-state index >= 15 is 0 Å². The maximum absolute atomic E-state index is 11.1. The van der Waals surface area contributed by atoms with Crippen LogP contribution in [0.1, 0.15) is 27.7 Å². The molecule has 0 aromatic rings. The molecule has 0 aromatic carbocycles. The Morgan fingerprint density at radius 1 is 1.07 bits per heavy atom. The largest absolute Gasteiger partial charge is 0.314 e. The first-order valence-electron chi connectivity index (χ1n) is 5.43. The fourth-order valence-electron chi connectivity index (χ4n) is 1.02. The highest BCUT2D eigenvalue weighted by Gasteiger charge is 2.08. The maximum Gasteiger partial charge on any atom is 0.151 e. The Bertz CT molecular complexity index is 255. The van der Waals surface area contributed by atoms with E-state index in [0.717, 1.165) is 13.1 Å². The summed E-state index contributed by atoms with van der Waals surface area (Å²) in [5.74, 6) is 0.466. The smallest absolute Gasteiger partial charge is 0.151 e. The molecule has 0 saturated heterocycles. The van der Waals surface area contributed by atoms with Gasteiger partial charge in [0.2, 0.25) is 0 Å². The van der Waals surface area contributed by atoms with Crippen LogP contribution in [0.25, 0.3) is 0 Å². The van der Waals surface area contributed by atoms with Gasteiger partial charge in [0, 0.05) is 30.9 Å². The summed E-state index contributed by atoms with van der Waals surface area (Å²) in [5.41, 5.74) is 0.122. The minimum absolute atomic E-state index is 0.122. The summed E-state index contributed by atoms with van der Waals surface area (Å²) < 4.78 is 22.3. The monoisotopic (exact) mass is 236 g/mol. The summed E-state index contributed by atoms with van der Waals surface area (Å²) >= 11 is 0. The molecule has 5 heteroatoms. The van der Waals surface area contributed by atoms with Crippen molar-refractivity contribution >= 4 is 9.84 Å². The first-order chi connectivity index (χ1) is 6.77. The molecule has 0 amide bonds. The van der Waals surface area contributed by atoms with Gasteiger partial charge >= 0.3 is 0 Å². The van der Waals surface area contributed by atoms with Crippen molar-refractivity contribution in [1.29, 1.82) is 0 Å². The number of nitrogens with one attached hydrogen (secondary N) is 2. The Morgan fingerprint density at radius 3 is 2.13 bits per heavy atom. The minimum atomic E-state index is -2.82. The van der Waals surface area contributed by atoms with E-state index in [1.807, 2.05) is 0 Å². The normalized spacial score (nSPS) is 13.1. The van der Waals surface area contributed by atoms with Gasteiger partial charge < -0.3 is 10.6 Å².